The van der Waals surface area contributed by atoms with E-state index in [-0.39, 0.29) is 11.8 Å². The summed E-state index contributed by atoms with van der Waals surface area (Å²) in [5, 5.41) is 144. The van der Waals surface area contributed by atoms with Crippen molar-refractivity contribution < 1.29 is 119 Å². The predicted octanol–water partition coefficient (Wildman–Crippen LogP) is -1.63. The quantitative estimate of drug-likeness (QED) is 0.0559. The lowest BCUT2D eigenvalue weighted by atomic mass is 9.32. The number of ether oxygens (including phenoxy) is 8. The highest BCUT2D eigenvalue weighted by atomic mass is 16.8. The number of aliphatic hydroxyl groups is 12. The Morgan fingerprint density at radius 3 is 1.78 bits per heavy atom. The fraction of sp³-hybridized carbons (Fsp3) is 0.907. The molecule has 3 aliphatic heterocycles. The molecule has 0 aromatic carbocycles. The zero-order valence-electron chi connectivity index (χ0n) is 46.1. The SMILES string of the molecule is CC(=O)O[C@@H]1[C@@H](OC(=O)C(C)C)C(C)(C)C[C@@H]2C3=CC[C@@H]4[C@]5(C)CC[C@H](O[C@H]6O[C@H](C(=O)O)[C@@H](O)[C@@H](O)[C@@H]6O[C@@H]6O[C@@H](CO)[C@@H](O)[C@@H](O)[C@H]6O[C@H]6O[C@H](CO)[C@@H](O)[C@H](O)[C@@H]6O)C(C)(C)[C@@H]5CC[C@]4(C)[C@]3(C)[C@@H](O)[C@@H](O)[C@]21CO. The third kappa shape index (κ3) is 9.49. The highest BCUT2D eigenvalue weighted by Gasteiger charge is 2.76. The van der Waals surface area contributed by atoms with Gasteiger partial charge in [-0.05, 0) is 72.5 Å². The number of carboxylic acid groups (broad SMARTS) is 1. The highest BCUT2D eigenvalue weighted by Crippen LogP contribution is 2.76. The lowest BCUT2D eigenvalue weighted by Gasteiger charge is -2.73. The second kappa shape index (κ2) is 21.9. The fourth-order valence-electron chi connectivity index (χ4n) is 16.2. The van der Waals surface area contributed by atoms with Gasteiger partial charge >= 0.3 is 17.9 Å². The first kappa shape index (κ1) is 61.5. The molecule has 0 spiro atoms. The van der Waals surface area contributed by atoms with E-state index in [1.807, 2.05) is 34.6 Å². The molecular weight excluding hydrogens is 1030 g/mol. The van der Waals surface area contributed by atoms with Crippen LogP contribution in [0.3, 0.4) is 0 Å². The summed E-state index contributed by atoms with van der Waals surface area (Å²) in [5.74, 6) is -4.35. The van der Waals surface area contributed by atoms with Crippen LogP contribution >= 0.6 is 0 Å². The Kier molecular flexibility index (Phi) is 17.3. The zero-order valence-corrected chi connectivity index (χ0v) is 46.1. The number of aliphatic hydroxyl groups excluding tert-OH is 12. The standard InChI is InChI=1S/C54H86O24/c1-21(2)45(70)78-42-43(71-22(3)58)54(20-57)24(17-49(42,4)5)23-11-12-28-51(8)15-14-29(50(6,7)27(51)13-16-52(28,9)53(23,10)40(66)41(54)67)74-48-39(35(64)34(63)37(75-48)44(68)69)77-47-38(33(62)31(60)26(19-56)73-47)76-46-36(65)32(61)30(59)25(18-55)72-46/h11,21,24-43,46-48,55-57,59-67H,12-20H2,1-10H3,(H,68,69)/t24-,25-,26+,27+,28-,29+,30-,31-,32+,33-,34+,35-,36+,37+,38-,39+,40+,41-,42-,43-,46-,47+,48+,51-,52+,53+,54+/m1/s1. The average Bonchev–Trinajstić information content (AvgIpc) is 3.22. The smallest absolute Gasteiger partial charge is 0.335 e. The van der Waals surface area contributed by atoms with E-state index in [0.29, 0.717) is 38.5 Å². The maximum Gasteiger partial charge on any atom is 0.335 e. The van der Waals surface area contributed by atoms with Crippen molar-refractivity contribution >= 4 is 17.9 Å². The van der Waals surface area contributed by atoms with Crippen molar-refractivity contribution in [2.24, 2.45) is 56.2 Å². The Bertz CT molecular complexity index is 2230. The summed E-state index contributed by atoms with van der Waals surface area (Å²) in [5.41, 5.74) is -4.76. The van der Waals surface area contributed by atoms with Gasteiger partial charge in [-0.3, -0.25) is 9.59 Å². The fourth-order valence-corrected chi connectivity index (χ4v) is 16.2. The Morgan fingerprint density at radius 2 is 1.22 bits per heavy atom. The van der Waals surface area contributed by atoms with Crippen molar-refractivity contribution in [3.63, 3.8) is 0 Å². The average molecular weight is 1120 g/mol. The number of carbonyl (C=O) groups is 3. The van der Waals surface area contributed by atoms with E-state index in [9.17, 15) is 80.8 Å². The number of carboxylic acids is 1. The number of esters is 2. The van der Waals surface area contributed by atoms with Gasteiger partial charge in [-0.2, -0.15) is 0 Å². The summed E-state index contributed by atoms with van der Waals surface area (Å²) >= 11 is 0. The van der Waals surface area contributed by atoms with Crippen molar-refractivity contribution in [3.05, 3.63) is 11.6 Å². The Hall–Kier alpha value is -2.57. The molecule has 24 heteroatoms. The Labute approximate surface area is 453 Å². The van der Waals surface area contributed by atoms with E-state index in [1.165, 1.54) is 6.92 Å². The molecule has 0 amide bonds. The minimum absolute atomic E-state index is 0.137. The maximum absolute atomic E-state index is 13.2. The van der Waals surface area contributed by atoms with E-state index in [4.69, 9.17) is 37.9 Å². The third-order valence-corrected chi connectivity index (χ3v) is 20.7. The number of aliphatic carboxylic acids is 1. The van der Waals surface area contributed by atoms with Crippen LogP contribution in [-0.2, 0) is 52.3 Å². The van der Waals surface area contributed by atoms with Crippen molar-refractivity contribution in [1.82, 2.24) is 0 Å². The van der Waals surface area contributed by atoms with E-state index in [0.717, 1.165) is 5.57 Å². The maximum atomic E-state index is 13.2. The largest absolute Gasteiger partial charge is 0.479 e. The molecule has 27 atom stereocenters. The van der Waals surface area contributed by atoms with Gasteiger partial charge in [-0.1, -0.05) is 74.0 Å². The molecule has 8 rings (SSSR count). The lowest BCUT2D eigenvalue weighted by molar-refractivity contribution is -0.396. The number of fused-ring (bicyclic) bond motifs is 7. The molecule has 0 aromatic heterocycles. The summed E-state index contributed by atoms with van der Waals surface area (Å²) in [7, 11) is 0. The van der Waals surface area contributed by atoms with Crippen LogP contribution in [0.15, 0.2) is 11.6 Å². The molecule has 4 saturated carbocycles. The van der Waals surface area contributed by atoms with Gasteiger partial charge in [-0.15, -0.1) is 0 Å². The van der Waals surface area contributed by atoms with Crippen LogP contribution in [-0.4, -0.2) is 227 Å². The molecule has 0 aromatic rings. The van der Waals surface area contributed by atoms with Gasteiger partial charge in [0.1, 0.15) is 73.2 Å². The minimum Gasteiger partial charge on any atom is -0.479 e. The predicted molar refractivity (Wildman–Crippen MR) is 264 cm³/mol. The van der Waals surface area contributed by atoms with Crippen LogP contribution in [0, 0.1) is 56.2 Å². The van der Waals surface area contributed by atoms with Crippen LogP contribution in [0.5, 0.6) is 0 Å². The number of hydrogen-bond acceptors (Lipinski definition) is 23. The minimum atomic E-state index is -2.14. The van der Waals surface area contributed by atoms with Crippen LogP contribution in [0.25, 0.3) is 0 Å². The molecule has 446 valence electrons. The molecule has 0 bridgehead atoms. The molecule has 3 saturated heterocycles. The second-order valence-corrected chi connectivity index (χ2v) is 25.9. The van der Waals surface area contributed by atoms with Gasteiger partial charge < -0.3 is 104 Å². The molecule has 13 N–H and O–H groups in total. The topological polar surface area (TPSA) is 388 Å². The molecule has 7 fully saturated rings. The van der Waals surface area contributed by atoms with Gasteiger partial charge in [0.2, 0.25) is 0 Å². The zero-order chi connectivity index (χ0) is 57.9. The van der Waals surface area contributed by atoms with E-state index in [1.54, 1.807) is 13.8 Å². The van der Waals surface area contributed by atoms with E-state index < -0.39 is 205 Å². The normalized spacial score (nSPS) is 50.7. The first-order valence-electron chi connectivity index (χ1n) is 27.5. The van der Waals surface area contributed by atoms with Crippen LogP contribution < -0.4 is 0 Å². The number of hydrogen-bond donors (Lipinski definition) is 13. The number of rotatable bonds is 13. The van der Waals surface area contributed by atoms with Crippen molar-refractivity contribution in [2.45, 2.75) is 230 Å². The molecule has 0 radical (unpaired) electrons. The summed E-state index contributed by atoms with van der Waals surface area (Å²) < 4.78 is 48.2. The van der Waals surface area contributed by atoms with Crippen LogP contribution in [0.2, 0.25) is 0 Å². The Balaban J connectivity index is 1.10. The van der Waals surface area contributed by atoms with Gasteiger partial charge in [0.15, 0.2) is 31.1 Å². The van der Waals surface area contributed by atoms with Crippen LogP contribution in [0.1, 0.15) is 108 Å². The van der Waals surface area contributed by atoms with Gasteiger partial charge in [0, 0.05) is 17.8 Å². The van der Waals surface area contributed by atoms with Gasteiger partial charge in [0.25, 0.3) is 0 Å². The van der Waals surface area contributed by atoms with Crippen molar-refractivity contribution in [3.8, 4) is 0 Å². The lowest BCUT2D eigenvalue weighted by Crippen LogP contribution is -2.76. The monoisotopic (exact) mass is 1120 g/mol. The number of carbonyl (C=O) groups excluding carboxylic acids is 2. The van der Waals surface area contributed by atoms with Crippen molar-refractivity contribution in [1.29, 1.82) is 0 Å². The van der Waals surface area contributed by atoms with Crippen LogP contribution in [0.4, 0.5) is 0 Å². The van der Waals surface area contributed by atoms with Gasteiger partial charge in [0.05, 0.1) is 49.5 Å². The molecule has 0 unspecified atom stereocenters. The molecule has 5 aliphatic carbocycles. The summed E-state index contributed by atoms with van der Waals surface area (Å²) in [6.45, 7) is 16.3. The third-order valence-electron chi connectivity index (χ3n) is 20.7. The molecule has 3 heterocycles. The molecular formula is C54H86O24. The highest BCUT2D eigenvalue weighted by molar-refractivity contribution is 5.73. The van der Waals surface area contributed by atoms with E-state index in [2.05, 4.69) is 19.9 Å². The second-order valence-electron chi connectivity index (χ2n) is 25.9. The van der Waals surface area contributed by atoms with Gasteiger partial charge in [-0.25, -0.2) is 4.79 Å². The summed E-state index contributed by atoms with van der Waals surface area (Å²) in [4.78, 5) is 38.8. The first-order valence-corrected chi connectivity index (χ1v) is 27.5. The van der Waals surface area contributed by atoms with E-state index >= 15 is 0 Å². The number of allylic oxidation sites excluding steroid dienone is 1. The molecule has 8 aliphatic rings. The summed E-state index contributed by atoms with van der Waals surface area (Å²) in [6, 6.07) is 0. The first-order chi connectivity index (χ1) is 36.3. The van der Waals surface area contributed by atoms with Crippen molar-refractivity contribution in [2.75, 3.05) is 19.8 Å². The summed E-state index contributed by atoms with van der Waals surface area (Å²) in [6.07, 6.45) is -29.8. The molecule has 24 nitrogen and oxygen atoms in total. The molecule has 78 heavy (non-hydrogen) atoms. The Morgan fingerprint density at radius 1 is 0.654 bits per heavy atom.